The second kappa shape index (κ2) is 9.80. The normalized spacial score (nSPS) is 22.5. The molecule has 1 heterocycles. The van der Waals surface area contributed by atoms with Gasteiger partial charge in [0.05, 0.1) is 12.6 Å². The predicted octanol–water partition coefficient (Wildman–Crippen LogP) is 3.01. The van der Waals surface area contributed by atoms with E-state index in [9.17, 15) is 4.79 Å². The van der Waals surface area contributed by atoms with E-state index in [0.717, 1.165) is 19.4 Å². The number of hydrogen-bond donors (Lipinski definition) is 1. The van der Waals surface area contributed by atoms with Gasteiger partial charge in [-0.15, -0.1) is 0 Å². The maximum Gasteiger partial charge on any atom is 0.237 e. The van der Waals surface area contributed by atoms with Crippen LogP contribution in [0.4, 0.5) is 0 Å². The highest BCUT2D eigenvalue weighted by atomic mass is 16.5. The van der Waals surface area contributed by atoms with Crippen molar-refractivity contribution in [1.29, 1.82) is 0 Å². The number of amides is 1. The highest BCUT2D eigenvalue weighted by molar-refractivity contribution is 5.81. The Morgan fingerprint density at radius 2 is 1.88 bits per heavy atom. The molecule has 1 aliphatic heterocycles. The van der Waals surface area contributed by atoms with Crippen LogP contribution in [0.2, 0.25) is 0 Å². The van der Waals surface area contributed by atoms with Crippen molar-refractivity contribution in [1.82, 2.24) is 10.2 Å². The molecular weight excluding hydrogens is 300 g/mol. The summed E-state index contributed by atoms with van der Waals surface area (Å²) in [7, 11) is 0. The summed E-state index contributed by atoms with van der Waals surface area (Å²) in [4.78, 5) is 14.6. The van der Waals surface area contributed by atoms with E-state index in [1.807, 2.05) is 25.1 Å². The van der Waals surface area contributed by atoms with E-state index in [4.69, 9.17) is 4.74 Å². The molecule has 1 N–H and O–H groups in total. The van der Waals surface area contributed by atoms with Gasteiger partial charge in [-0.25, -0.2) is 0 Å². The first-order chi connectivity index (χ1) is 11.6. The first kappa shape index (κ1) is 18.9. The van der Waals surface area contributed by atoms with E-state index >= 15 is 0 Å². The Morgan fingerprint density at radius 1 is 1.21 bits per heavy atom. The predicted molar refractivity (Wildman–Crippen MR) is 98.1 cm³/mol. The van der Waals surface area contributed by atoms with Crippen molar-refractivity contribution in [3.63, 3.8) is 0 Å². The van der Waals surface area contributed by atoms with Crippen LogP contribution in [0.25, 0.3) is 0 Å². The molecule has 1 aromatic rings. The smallest absolute Gasteiger partial charge is 0.237 e. The lowest BCUT2D eigenvalue weighted by Crippen LogP contribution is -2.49. The topological polar surface area (TPSA) is 41.6 Å². The molecule has 4 heteroatoms. The Labute approximate surface area is 146 Å². The summed E-state index contributed by atoms with van der Waals surface area (Å²) in [6, 6.07) is 11.3. The van der Waals surface area contributed by atoms with Crippen LogP contribution in [-0.4, -0.2) is 48.7 Å². The molecule has 24 heavy (non-hydrogen) atoms. The Bertz CT molecular complexity index is 482. The summed E-state index contributed by atoms with van der Waals surface area (Å²) in [5.41, 5.74) is 1.30. The van der Waals surface area contributed by atoms with Gasteiger partial charge < -0.3 is 10.1 Å². The minimum atomic E-state index is -0.0449. The summed E-state index contributed by atoms with van der Waals surface area (Å²) in [5, 5.41) is 3.05. The van der Waals surface area contributed by atoms with Crippen LogP contribution < -0.4 is 5.32 Å². The molecule has 0 aromatic heterocycles. The molecule has 3 atom stereocenters. The van der Waals surface area contributed by atoms with Crippen molar-refractivity contribution >= 4 is 5.91 Å². The fourth-order valence-electron chi connectivity index (χ4n) is 3.58. The second-order valence-electron chi connectivity index (χ2n) is 6.89. The maximum atomic E-state index is 12.3. The molecule has 1 fully saturated rings. The lowest BCUT2D eigenvalue weighted by atomic mass is 10.2. The Hall–Kier alpha value is -1.39. The average Bonchev–Trinajstić information content (AvgIpc) is 2.92. The quantitative estimate of drug-likeness (QED) is 0.707. The largest absolute Gasteiger partial charge is 0.381 e. The van der Waals surface area contributed by atoms with Crippen LogP contribution in [0.5, 0.6) is 0 Å². The van der Waals surface area contributed by atoms with Crippen LogP contribution in [-0.2, 0) is 16.0 Å². The molecular formula is C20H32N2O2. The first-order valence-corrected chi connectivity index (χ1v) is 9.26. The highest BCUT2D eigenvalue weighted by Crippen LogP contribution is 2.25. The molecule has 0 saturated carbocycles. The van der Waals surface area contributed by atoms with E-state index in [-0.39, 0.29) is 11.9 Å². The first-order valence-electron chi connectivity index (χ1n) is 9.26. The standard InChI is InChI=1S/C20H32N2O2/c1-16-10-11-17(2)22(16)18(3)20(23)21-13-7-14-24-15-12-19-8-5-4-6-9-19/h4-6,8-9,16-18H,7,10-15H2,1-3H3,(H,21,23)/t16-,17+,18-/m1/s1. The fraction of sp³-hybridized carbons (Fsp3) is 0.650. The lowest BCUT2D eigenvalue weighted by molar-refractivity contribution is -0.126. The molecule has 1 aromatic carbocycles. The van der Waals surface area contributed by atoms with Gasteiger partial charge in [0.15, 0.2) is 0 Å². The summed E-state index contributed by atoms with van der Waals surface area (Å²) >= 11 is 0. The molecule has 1 saturated heterocycles. The molecule has 0 aliphatic carbocycles. The number of ether oxygens (including phenoxy) is 1. The van der Waals surface area contributed by atoms with E-state index in [0.29, 0.717) is 25.2 Å². The van der Waals surface area contributed by atoms with E-state index < -0.39 is 0 Å². The van der Waals surface area contributed by atoms with Gasteiger partial charge >= 0.3 is 0 Å². The van der Waals surface area contributed by atoms with Gasteiger partial charge in [0.25, 0.3) is 0 Å². The van der Waals surface area contributed by atoms with Gasteiger partial charge in [-0.2, -0.15) is 0 Å². The molecule has 1 amide bonds. The van der Waals surface area contributed by atoms with Crippen LogP contribution in [0.1, 0.15) is 45.6 Å². The molecule has 134 valence electrons. The number of nitrogens with one attached hydrogen (secondary N) is 1. The molecule has 4 nitrogen and oxygen atoms in total. The molecule has 2 rings (SSSR count). The van der Waals surface area contributed by atoms with Gasteiger partial charge in [0, 0.05) is 25.2 Å². The number of carbonyl (C=O) groups is 1. The van der Waals surface area contributed by atoms with Crippen LogP contribution in [0.15, 0.2) is 30.3 Å². The number of benzene rings is 1. The monoisotopic (exact) mass is 332 g/mol. The zero-order valence-electron chi connectivity index (χ0n) is 15.3. The van der Waals surface area contributed by atoms with Gasteiger partial charge in [-0.1, -0.05) is 30.3 Å². The molecule has 0 unspecified atom stereocenters. The zero-order valence-corrected chi connectivity index (χ0v) is 15.3. The van der Waals surface area contributed by atoms with Gasteiger partial charge in [0.2, 0.25) is 5.91 Å². The van der Waals surface area contributed by atoms with Crippen molar-refractivity contribution < 1.29 is 9.53 Å². The third kappa shape index (κ3) is 5.60. The van der Waals surface area contributed by atoms with Crippen molar-refractivity contribution in [3.05, 3.63) is 35.9 Å². The third-order valence-corrected chi connectivity index (χ3v) is 4.99. The van der Waals surface area contributed by atoms with Gasteiger partial charge in [-0.3, -0.25) is 9.69 Å². The number of nitrogens with zero attached hydrogens (tertiary/aromatic N) is 1. The summed E-state index contributed by atoms with van der Waals surface area (Å²) in [6.07, 6.45) is 4.18. The third-order valence-electron chi connectivity index (χ3n) is 4.99. The number of carbonyl (C=O) groups excluding carboxylic acids is 1. The summed E-state index contributed by atoms with van der Waals surface area (Å²) in [6.45, 7) is 8.56. The minimum absolute atomic E-state index is 0.0449. The maximum absolute atomic E-state index is 12.3. The molecule has 0 radical (unpaired) electrons. The molecule has 1 aliphatic rings. The molecule has 0 bridgehead atoms. The van der Waals surface area contributed by atoms with Crippen LogP contribution in [0, 0.1) is 0 Å². The van der Waals surface area contributed by atoms with Crippen molar-refractivity contribution in [2.24, 2.45) is 0 Å². The van der Waals surface area contributed by atoms with Crippen molar-refractivity contribution in [2.75, 3.05) is 19.8 Å². The number of likely N-dealkylation sites (tertiary alicyclic amines) is 1. The van der Waals surface area contributed by atoms with Crippen LogP contribution >= 0.6 is 0 Å². The molecule has 0 spiro atoms. The van der Waals surface area contributed by atoms with Crippen LogP contribution in [0.3, 0.4) is 0 Å². The highest BCUT2D eigenvalue weighted by Gasteiger charge is 2.33. The zero-order chi connectivity index (χ0) is 17.4. The Morgan fingerprint density at radius 3 is 2.54 bits per heavy atom. The van der Waals surface area contributed by atoms with Gasteiger partial charge in [-0.05, 0) is 52.0 Å². The summed E-state index contributed by atoms with van der Waals surface area (Å²) in [5.74, 6) is 0.139. The minimum Gasteiger partial charge on any atom is -0.381 e. The average molecular weight is 332 g/mol. The van der Waals surface area contributed by atoms with E-state index in [2.05, 4.69) is 36.2 Å². The van der Waals surface area contributed by atoms with E-state index in [1.165, 1.54) is 18.4 Å². The van der Waals surface area contributed by atoms with Gasteiger partial charge in [0.1, 0.15) is 0 Å². The van der Waals surface area contributed by atoms with Crippen molar-refractivity contribution in [3.8, 4) is 0 Å². The second-order valence-corrected chi connectivity index (χ2v) is 6.89. The Balaban J connectivity index is 1.54. The SMILES string of the molecule is C[C@@H]1CC[C@H](C)N1[C@H](C)C(=O)NCCCOCCc1ccccc1. The lowest BCUT2D eigenvalue weighted by Gasteiger charge is -2.31. The summed E-state index contributed by atoms with van der Waals surface area (Å²) < 4.78 is 5.65. The fourth-order valence-corrected chi connectivity index (χ4v) is 3.58. The van der Waals surface area contributed by atoms with E-state index in [1.54, 1.807) is 0 Å². The number of hydrogen-bond acceptors (Lipinski definition) is 3. The Kier molecular flexibility index (Phi) is 7.73. The van der Waals surface area contributed by atoms with Crippen molar-refractivity contribution in [2.45, 2.75) is 64.6 Å². The number of rotatable bonds is 9.